The van der Waals surface area contributed by atoms with E-state index in [0.29, 0.717) is 6.04 Å². The zero-order chi connectivity index (χ0) is 11.5. The van der Waals surface area contributed by atoms with Crippen molar-refractivity contribution in [3.8, 4) is 0 Å². The Morgan fingerprint density at radius 1 is 1.62 bits per heavy atom. The van der Waals surface area contributed by atoms with Crippen molar-refractivity contribution in [2.45, 2.75) is 25.4 Å². The molecule has 16 heavy (non-hydrogen) atoms. The lowest BCUT2D eigenvalue weighted by molar-refractivity contribution is -0.146. The van der Waals surface area contributed by atoms with Crippen LogP contribution in [0.4, 0.5) is 0 Å². The normalized spacial score (nSPS) is 24.1. The molecule has 1 aliphatic rings. The Kier molecular flexibility index (Phi) is 3.19. The van der Waals surface area contributed by atoms with Gasteiger partial charge in [-0.1, -0.05) is 6.07 Å². The second kappa shape index (κ2) is 4.61. The summed E-state index contributed by atoms with van der Waals surface area (Å²) in [7, 11) is 2.04. The van der Waals surface area contributed by atoms with Gasteiger partial charge in [0.05, 0.1) is 5.92 Å². The summed E-state index contributed by atoms with van der Waals surface area (Å²) in [6.45, 7) is 0.838. The van der Waals surface area contributed by atoms with E-state index in [1.165, 1.54) is 5.56 Å². The third-order valence-corrected chi connectivity index (χ3v) is 3.24. The Morgan fingerprint density at radius 3 is 2.94 bits per heavy atom. The van der Waals surface area contributed by atoms with Gasteiger partial charge in [-0.2, -0.15) is 0 Å². The van der Waals surface area contributed by atoms with Gasteiger partial charge in [0.15, 0.2) is 0 Å². The number of aromatic nitrogens is 1. The first kappa shape index (κ1) is 11.1. The predicted octanol–water partition coefficient (Wildman–Crippen LogP) is 1.38. The summed E-state index contributed by atoms with van der Waals surface area (Å²) in [6, 6.07) is 4.36. The van der Waals surface area contributed by atoms with Crippen molar-refractivity contribution in [1.29, 1.82) is 0 Å². The van der Waals surface area contributed by atoms with E-state index in [1.54, 1.807) is 6.20 Å². The van der Waals surface area contributed by atoms with E-state index in [4.69, 9.17) is 5.11 Å². The minimum absolute atomic E-state index is 0.138. The number of hydrogen-bond acceptors (Lipinski definition) is 3. The molecule has 4 nitrogen and oxygen atoms in total. The summed E-state index contributed by atoms with van der Waals surface area (Å²) in [5.74, 6) is -0.799. The van der Waals surface area contributed by atoms with E-state index in [2.05, 4.69) is 9.88 Å². The van der Waals surface area contributed by atoms with Crippen LogP contribution in [0, 0.1) is 5.92 Å². The molecule has 0 bridgehead atoms. The van der Waals surface area contributed by atoms with E-state index >= 15 is 0 Å². The lowest BCUT2D eigenvalue weighted by atomic mass is 9.79. The molecule has 0 amide bonds. The summed E-state index contributed by atoms with van der Waals surface area (Å²) >= 11 is 0. The van der Waals surface area contributed by atoms with Gasteiger partial charge in [0.1, 0.15) is 0 Å². The van der Waals surface area contributed by atoms with Crippen molar-refractivity contribution in [2.75, 3.05) is 7.05 Å². The first-order valence-corrected chi connectivity index (χ1v) is 5.49. The number of nitrogens with zero attached hydrogens (tertiary/aromatic N) is 2. The molecular weight excluding hydrogens is 204 g/mol. The van der Waals surface area contributed by atoms with Gasteiger partial charge in [-0.3, -0.25) is 14.7 Å². The van der Waals surface area contributed by atoms with Crippen molar-refractivity contribution in [3.05, 3.63) is 30.1 Å². The molecule has 0 aromatic carbocycles. The average Bonchev–Trinajstić information content (AvgIpc) is 2.15. The molecule has 1 saturated carbocycles. The first-order valence-electron chi connectivity index (χ1n) is 5.49. The van der Waals surface area contributed by atoms with Gasteiger partial charge in [0.25, 0.3) is 0 Å². The van der Waals surface area contributed by atoms with Crippen LogP contribution in [-0.2, 0) is 11.3 Å². The highest BCUT2D eigenvalue weighted by atomic mass is 16.4. The van der Waals surface area contributed by atoms with Crippen LogP contribution in [0.1, 0.15) is 18.4 Å². The van der Waals surface area contributed by atoms with E-state index in [1.807, 2.05) is 25.4 Å². The van der Waals surface area contributed by atoms with E-state index in [0.717, 1.165) is 19.4 Å². The predicted molar refractivity (Wildman–Crippen MR) is 59.9 cm³/mol. The number of carboxylic acid groups (broad SMARTS) is 1. The van der Waals surface area contributed by atoms with Crippen LogP contribution in [0.5, 0.6) is 0 Å². The second-order valence-electron chi connectivity index (χ2n) is 4.44. The smallest absolute Gasteiger partial charge is 0.306 e. The Bertz CT molecular complexity index is 361. The average molecular weight is 220 g/mol. The van der Waals surface area contributed by atoms with Crippen LogP contribution in [0.2, 0.25) is 0 Å². The molecule has 1 aliphatic carbocycles. The molecule has 0 radical (unpaired) electrons. The first-order chi connectivity index (χ1) is 7.66. The number of hydrogen-bond donors (Lipinski definition) is 1. The fourth-order valence-electron chi connectivity index (χ4n) is 2.06. The van der Waals surface area contributed by atoms with Gasteiger partial charge >= 0.3 is 5.97 Å². The van der Waals surface area contributed by atoms with Gasteiger partial charge in [-0.05, 0) is 31.5 Å². The van der Waals surface area contributed by atoms with Crippen LogP contribution in [0.3, 0.4) is 0 Å². The number of pyridine rings is 1. The van der Waals surface area contributed by atoms with E-state index in [-0.39, 0.29) is 5.92 Å². The summed E-state index contributed by atoms with van der Waals surface area (Å²) in [5, 5.41) is 8.79. The summed E-state index contributed by atoms with van der Waals surface area (Å²) in [5.41, 5.74) is 1.17. The SMILES string of the molecule is CN(Cc1cccnc1)C1CC(C(=O)O)C1. The maximum atomic E-state index is 10.7. The quantitative estimate of drug-likeness (QED) is 0.832. The lowest BCUT2D eigenvalue weighted by Crippen LogP contribution is -2.44. The Hall–Kier alpha value is -1.42. The molecule has 1 aromatic rings. The highest BCUT2D eigenvalue weighted by molar-refractivity contribution is 5.71. The molecular formula is C12H16N2O2. The van der Waals surface area contributed by atoms with Crippen LogP contribution in [-0.4, -0.2) is 34.0 Å². The summed E-state index contributed by atoms with van der Waals surface area (Å²) in [4.78, 5) is 16.9. The Labute approximate surface area is 94.9 Å². The number of carboxylic acids is 1. The van der Waals surface area contributed by atoms with Gasteiger partial charge in [-0.25, -0.2) is 0 Å². The maximum absolute atomic E-state index is 10.7. The summed E-state index contributed by atoms with van der Waals surface area (Å²) in [6.07, 6.45) is 5.15. The molecule has 0 unspecified atom stereocenters. The monoisotopic (exact) mass is 220 g/mol. The molecule has 0 spiro atoms. The van der Waals surface area contributed by atoms with Crippen molar-refractivity contribution in [3.63, 3.8) is 0 Å². The molecule has 0 aliphatic heterocycles. The fourth-order valence-corrected chi connectivity index (χ4v) is 2.06. The van der Waals surface area contributed by atoms with Gasteiger partial charge < -0.3 is 5.11 Å². The van der Waals surface area contributed by atoms with Gasteiger partial charge in [-0.15, -0.1) is 0 Å². The molecule has 1 N–H and O–H groups in total. The standard InChI is InChI=1S/C12H16N2O2/c1-14(8-9-3-2-4-13-7-9)11-5-10(6-11)12(15)16/h2-4,7,10-11H,5-6,8H2,1H3,(H,15,16). The van der Waals surface area contributed by atoms with Crippen molar-refractivity contribution in [1.82, 2.24) is 9.88 Å². The van der Waals surface area contributed by atoms with Gasteiger partial charge in [0.2, 0.25) is 0 Å². The topological polar surface area (TPSA) is 53.4 Å². The maximum Gasteiger partial charge on any atom is 0.306 e. The third-order valence-electron chi connectivity index (χ3n) is 3.24. The largest absolute Gasteiger partial charge is 0.481 e. The van der Waals surface area contributed by atoms with Crippen molar-refractivity contribution >= 4 is 5.97 Å². The zero-order valence-corrected chi connectivity index (χ0v) is 9.34. The van der Waals surface area contributed by atoms with Crippen LogP contribution in [0.25, 0.3) is 0 Å². The van der Waals surface area contributed by atoms with Crippen molar-refractivity contribution in [2.24, 2.45) is 5.92 Å². The number of aliphatic carboxylic acids is 1. The molecule has 1 fully saturated rings. The third kappa shape index (κ3) is 2.39. The Balaban J connectivity index is 1.82. The van der Waals surface area contributed by atoms with Crippen LogP contribution in [0.15, 0.2) is 24.5 Å². The van der Waals surface area contributed by atoms with Crippen molar-refractivity contribution < 1.29 is 9.90 Å². The minimum Gasteiger partial charge on any atom is -0.481 e. The summed E-state index contributed by atoms with van der Waals surface area (Å²) < 4.78 is 0. The zero-order valence-electron chi connectivity index (χ0n) is 9.34. The molecule has 0 saturated heterocycles. The molecule has 86 valence electrons. The molecule has 4 heteroatoms. The molecule has 1 aromatic heterocycles. The van der Waals surface area contributed by atoms with Gasteiger partial charge in [0, 0.05) is 25.0 Å². The highest BCUT2D eigenvalue weighted by Gasteiger charge is 2.36. The lowest BCUT2D eigenvalue weighted by Gasteiger charge is -2.39. The highest BCUT2D eigenvalue weighted by Crippen LogP contribution is 2.31. The fraction of sp³-hybridized carbons (Fsp3) is 0.500. The Morgan fingerprint density at radius 2 is 2.38 bits per heavy atom. The minimum atomic E-state index is -0.661. The number of carbonyl (C=O) groups is 1. The molecule has 0 atom stereocenters. The van der Waals surface area contributed by atoms with E-state index in [9.17, 15) is 4.79 Å². The van der Waals surface area contributed by atoms with Crippen LogP contribution >= 0.6 is 0 Å². The molecule has 1 heterocycles. The second-order valence-corrected chi connectivity index (χ2v) is 4.44. The van der Waals surface area contributed by atoms with E-state index < -0.39 is 5.97 Å². The molecule has 2 rings (SSSR count). The van der Waals surface area contributed by atoms with Crippen LogP contribution < -0.4 is 0 Å². The number of rotatable bonds is 4.